The molecule has 4 heterocycles. The molecule has 1 saturated heterocycles. The summed E-state index contributed by atoms with van der Waals surface area (Å²) in [5.41, 5.74) is 2.93. The molecule has 3 atom stereocenters. The van der Waals surface area contributed by atoms with Crippen molar-refractivity contribution in [3.8, 4) is 0 Å². The van der Waals surface area contributed by atoms with Crippen LogP contribution >= 0.6 is 23.1 Å². The summed E-state index contributed by atoms with van der Waals surface area (Å²) in [6.45, 7) is 0.437. The number of hydrogen-bond donors (Lipinski definition) is 2. The molecule has 6 rings (SSSR count). The molecule has 8 heteroatoms. The van der Waals surface area contributed by atoms with Crippen LogP contribution in [0.4, 0.5) is 0 Å². The minimum absolute atomic E-state index is 0.0703. The van der Waals surface area contributed by atoms with Crippen molar-refractivity contribution in [2.75, 3.05) is 0 Å². The van der Waals surface area contributed by atoms with Crippen molar-refractivity contribution in [1.82, 2.24) is 14.9 Å². The van der Waals surface area contributed by atoms with E-state index in [4.69, 9.17) is 0 Å². The van der Waals surface area contributed by atoms with Crippen LogP contribution in [0.3, 0.4) is 0 Å². The molecule has 2 N–H and O–H groups in total. The van der Waals surface area contributed by atoms with E-state index in [0.29, 0.717) is 6.54 Å². The average molecular weight is 448 g/mol. The molecule has 0 radical (unpaired) electrons. The number of thioether (sulfide) groups is 1. The van der Waals surface area contributed by atoms with Gasteiger partial charge in [0.05, 0.1) is 17.5 Å². The summed E-state index contributed by atoms with van der Waals surface area (Å²) in [5.74, 6) is -1.43. The smallest absolute Gasteiger partial charge is 0.308 e. The number of rotatable bonds is 3. The van der Waals surface area contributed by atoms with E-state index >= 15 is 0 Å². The molecule has 154 valence electrons. The SMILES string of the molecule is O=C1NC(=O)[C@@H]2Sc3c(sc(=O)n3Cc3ccccc3)[C@H](c3c[nH]c4ccccc34)[C@H]12. The summed E-state index contributed by atoms with van der Waals surface area (Å²) in [5, 5.41) is 3.77. The Morgan fingerprint density at radius 2 is 1.71 bits per heavy atom. The van der Waals surface area contributed by atoms with E-state index in [1.165, 1.54) is 23.1 Å². The predicted octanol–water partition coefficient (Wildman–Crippen LogP) is 3.32. The number of nitrogens with zero attached hydrogens (tertiary/aromatic N) is 1. The summed E-state index contributed by atoms with van der Waals surface area (Å²) in [6, 6.07) is 17.7. The highest BCUT2D eigenvalue weighted by atomic mass is 32.2. The molecule has 4 aromatic rings. The number of imide groups is 1. The second kappa shape index (κ2) is 6.96. The number of aromatic nitrogens is 2. The Balaban J connectivity index is 1.56. The van der Waals surface area contributed by atoms with Crippen LogP contribution in [0.5, 0.6) is 0 Å². The molecular weight excluding hydrogens is 430 g/mol. The van der Waals surface area contributed by atoms with E-state index in [1.54, 1.807) is 4.57 Å². The fourth-order valence-corrected chi connectivity index (χ4v) is 7.36. The summed E-state index contributed by atoms with van der Waals surface area (Å²) < 4.78 is 1.74. The minimum Gasteiger partial charge on any atom is -0.361 e. The van der Waals surface area contributed by atoms with Gasteiger partial charge in [0.15, 0.2) is 0 Å². The second-order valence-corrected chi connectivity index (χ2v) is 9.92. The number of aromatic amines is 1. The van der Waals surface area contributed by atoms with Crippen molar-refractivity contribution >= 4 is 45.8 Å². The summed E-state index contributed by atoms with van der Waals surface area (Å²) >= 11 is 2.53. The Morgan fingerprint density at radius 3 is 2.55 bits per heavy atom. The van der Waals surface area contributed by atoms with Gasteiger partial charge in [-0.15, -0.1) is 0 Å². The van der Waals surface area contributed by atoms with Gasteiger partial charge in [-0.25, -0.2) is 0 Å². The summed E-state index contributed by atoms with van der Waals surface area (Å²) in [6.07, 6.45) is 1.91. The van der Waals surface area contributed by atoms with E-state index in [9.17, 15) is 14.4 Å². The van der Waals surface area contributed by atoms with Crippen molar-refractivity contribution in [2.24, 2.45) is 5.92 Å². The van der Waals surface area contributed by atoms with Crippen molar-refractivity contribution < 1.29 is 9.59 Å². The lowest BCUT2D eigenvalue weighted by molar-refractivity contribution is -0.125. The van der Waals surface area contributed by atoms with Gasteiger partial charge in [0.1, 0.15) is 5.25 Å². The molecule has 2 aromatic heterocycles. The van der Waals surface area contributed by atoms with Crippen LogP contribution in [0, 0.1) is 5.92 Å². The highest BCUT2D eigenvalue weighted by Gasteiger charge is 2.53. The van der Waals surface area contributed by atoms with Crippen LogP contribution in [-0.4, -0.2) is 26.6 Å². The molecule has 0 saturated carbocycles. The molecule has 2 aliphatic heterocycles. The van der Waals surface area contributed by atoms with E-state index in [-0.39, 0.29) is 22.6 Å². The first-order valence-corrected chi connectivity index (χ1v) is 11.7. The van der Waals surface area contributed by atoms with Crippen LogP contribution in [-0.2, 0) is 16.1 Å². The van der Waals surface area contributed by atoms with Crippen LogP contribution in [0.25, 0.3) is 10.9 Å². The van der Waals surface area contributed by atoms with Crippen LogP contribution in [0.2, 0.25) is 0 Å². The fourth-order valence-electron chi connectivity index (χ4n) is 4.63. The van der Waals surface area contributed by atoms with Gasteiger partial charge in [0.2, 0.25) is 11.8 Å². The van der Waals surface area contributed by atoms with Crippen LogP contribution in [0.1, 0.15) is 21.9 Å². The molecule has 2 aromatic carbocycles. The van der Waals surface area contributed by atoms with Gasteiger partial charge in [-0.05, 0) is 17.2 Å². The molecule has 1 fully saturated rings. The van der Waals surface area contributed by atoms with Crippen molar-refractivity contribution in [3.05, 3.63) is 86.5 Å². The monoisotopic (exact) mass is 447 g/mol. The molecule has 31 heavy (non-hydrogen) atoms. The largest absolute Gasteiger partial charge is 0.361 e. The molecule has 6 nitrogen and oxygen atoms in total. The molecule has 0 bridgehead atoms. The lowest BCUT2D eigenvalue weighted by Crippen LogP contribution is -2.32. The van der Waals surface area contributed by atoms with E-state index in [2.05, 4.69) is 10.3 Å². The molecule has 2 amide bonds. The number of fused-ring (bicyclic) bond motifs is 3. The number of carbonyl (C=O) groups excluding carboxylic acids is 2. The normalized spacial score (nSPS) is 22.4. The molecule has 0 unspecified atom stereocenters. The maximum Gasteiger partial charge on any atom is 0.308 e. The summed E-state index contributed by atoms with van der Waals surface area (Å²) in [7, 11) is 0. The Bertz CT molecular complexity index is 1400. The molecule has 0 aliphatic carbocycles. The number of H-pyrrole nitrogens is 1. The Hall–Kier alpha value is -3.10. The van der Waals surface area contributed by atoms with E-state index < -0.39 is 11.2 Å². The van der Waals surface area contributed by atoms with Gasteiger partial charge >= 0.3 is 4.87 Å². The fraction of sp³-hybridized carbons (Fsp3) is 0.174. The topological polar surface area (TPSA) is 84.0 Å². The standard InChI is InChI=1S/C23H17N3O3S2/c27-20-17-16(14-10-24-15-9-5-4-8-13(14)15)19-22(30-18(17)21(28)25-20)26(23(29)31-19)11-12-6-2-1-3-7-12/h1-10,16-18,24H,11H2,(H,25,27,28)/t16-,17+,18-/m1/s1. The Labute approximate surface area is 185 Å². The van der Waals surface area contributed by atoms with Crippen molar-refractivity contribution in [3.63, 3.8) is 0 Å². The van der Waals surface area contributed by atoms with E-state index in [1.807, 2.05) is 60.8 Å². The van der Waals surface area contributed by atoms with Gasteiger partial charge in [-0.1, -0.05) is 71.6 Å². The zero-order valence-electron chi connectivity index (χ0n) is 16.2. The second-order valence-electron chi connectivity index (χ2n) is 7.79. The number of thiazole rings is 1. The average Bonchev–Trinajstić information content (AvgIpc) is 3.42. The van der Waals surface area contributed by atoms with Gasteiger partial charge in [-0.3, -0.25) is 24.3 Å². The Kier molecular flexibility index (Phi) is 4.19. The highest BCUT2D eigenvalue weighted by Crippen LogP contribution is 2.52. The quantitative estimate of drug-likeness (QED) is 0.472. The molecular formula is C23H17N3O3S2. The van der Waals surface area contributed by atoms with Gasteiger partial charge in [0.25, 0.3) is 0 Å². The third-order valence-corrected chi connectivity index (χ3v) is 8.64. The van der Waals surface area contributed by atoms with Gasteiger partial charge < -0.3 is 4.98 Å². The number of nitrogens with one attached hydrogen (secondary N) is 2. The maximum atomic E-state index is 13.0. The zero-order valence-corrected chi connectivity index (χ0v) is 17.8. The number of amides is 2. The first kappa shape index (κ1) is 18.7. The number of para-hydroxylation sites is 1. The van der Waals surface area contributed by atoms with Gasteiger partial charge in [0, 0.05) is 27.9 Å². The lowest BCUT2D eigenvalue weighted by atomic mass is 9.83. The van der Waals surface area contributed by atoms with E-state index in [0.717, 1.165) is 31.9 Å². The minimum atomic E-state index is -0.547. The Morgan fingerprint density at radius 1 is 0.935 bits per heavy atom. The molecule has 0 spiro atoms. The highest BCUT2D eigenvalue weighted by molar-refractivity contribution is 8.00. The first-order chi connectivity index (χ1) is 15.1. The predicted molar refractivity (Wildman–Crippen MR) is 121 cm³/mol. The number of carbonyl (C=O) groups is 2. The van der Waals surface area contributed by atoms with Crippen LogP contribution < -0.4 is 10.2 Å². The summed E-state index contributed by atoms with van der Waals surface area (Å²) in [4.78, 5) is 42.6. The van der Waals surface area contributed by atoms with Gasteiger partial charge in [-0.2, -0.15) is 0 Å². The zero-order chi connectivity index (χ0) is 21.1. The molecule has 2 aliphatic rings. The number of benzene rings is 2. The first-order valence-electron chi connectivity index (χ1n) is 9.96. The third kappa shape index (κ3) is 2.82. The number of hydrogen-bond acceptors (Lipinski definition) is 5. The maximum absolute atomic E-state index is 13.0. The van der Waals surface area contributed by atoms with Crippen molar-refractivity contribution in [1.29, 1.82) is 0 Å². The third-order valence-electron chi connectivity index (χ3n) is 6.03. The van der Waals surface area contributed by atoms with Crippen LogP contribution in [0.15, 0.2) is 70.6 Å². The lowest BCUT2D eigenvalue weighted by Gasteiger charge is -2.30. The van der Waals surface area contributed by atoms with Crippen molar-refractivity contribution in [2.45, 2.75) is 22.7 Å².